The van der Waals surface area contributed by atoms with E-state index in [2.05, 4.69) is 9.97 Å². The van der Waals surface area contributed by atoms with E-state index in [0.29, 0.717) is 46.6 Å². The fourth-order valence-electron chi connectivity index (χ4n) is 6.09. The SMILES string of the molecule is CN1C(=O)c2c(c3c4cccc(OCc5ccccc5)c4[nH]c3c3[nH]c4c(OCc5ccccc5)cccc4c23)C1=O. The monoisotopic (exact) mass is 551 g/mol. The number of ether oxygens (including phenoxy) is 2. The lowest BCUT2D eigenvalue weighted by Crippen LogP contribution is -2.24. The Morgan fingerprint density at radius 3 is 1.40 bits per heavy atom. The van der Waals surface area contributed by atoms with Crippen molar-refractivity contribution < 1.29 is 19.1 Å². The Morgan fingerprint density at radius 1 is 0.548 bits per heavy atom. The Kier molecular flexibility index (Phi) is 5.34. The van der Waals surface area contributed by atoms with E-state index in [1.165, 1.54) is 11.9 Å². The van der Waals surface area contributed by atoms with Crippen LogP contribution in [0.1, 0.15) is 31.8 Å². The third-order valence-corrected chi connectivity index (χ3v) is 8.10. The van der Waals surface area contributed by atoms with Crippen LogP contribution >= 0.6 is 0 Å². The molecule has 5 aromatic carbocycles. The van der Waals surface area contributed by atoms with Crippen molar-refractivity contribution in [3.05, 3.63) is 119 Å². The second kappa shape index (κ2) is 9.24. The summed E-state index contributed by atoms with van der Waals surface area (Å²) in [6.45, 7) is 0.801. The summed E-state index contributed by atoms with van der Waals surface area (Å²) in [6, 6.07) is 31.5. The molecule has 0 atom stereocenters. The van der Waals surface area contributed by atoms with Crippen molar-refractivity contribution in [3.63, 3.8) is 0 Å². The summed E-state index contributed by atoms with van der Waals surface area (Å²) in [6.07, 6.45) is 0. The average Bonchev–Trinajstić information content (AvgIpc) is 3.68. The number of hydrogen-bond acceptors (Lipinski definition) is 4. The average molecular weight is 552 g/mol. The number of benzene rings is 5. The largest absolute Gasteiger partial charge is 0.487 e. The third kappa shape index (κ3) is 3.53. The van der Waals surface area contributed by atoms with E-state index in [-0.39, 0.29) is 11.8 Å². The predicted octanol–water partition coefficient (Wildman–Crippen LogP) is 7.34. The zero-order valence-electron chi connectivity index (χ0n) is 22.7. The number of rotatable bonds is 6. The number of nitrogens with zero attached hydrogens (tertiary/aromatic N) is 1. The minimum atomic E-state index is -0.316. The lowest BCUT2D eigenvalue weighted by molar-refractivity contribution is 0.0694. The number of H-pyrrole nitrogens is 2. The maximum absolute atomic E-state index is 13.6. The zero-order chi connectivity index (χ0) is 28.4. The van der Waals surface area contributed by atoms with Crippen LogP contribution in [0.15, 0.2) is 97.1 Å². The van der Waals surface area contributed by atoms with Crippen molar-refractivity contribution in [3.8, 4) is 11.5 Å². The highest BCUT2D eigenvalue weighted by atomic mass is 16.5. The Labute approximate surface area is 240 Å². The van der Waals surface area contributed by atoms with Gasteiger partial charge in [0.2, 0.25) is 0 Å². The summed E-state index contributed by atoms with van der Waals surface area (Å²) in [7, 11) is 1.54. The molecule has 3 heterocycles. The number of aromatic amines is 2. The fourth-order valence-corrected chi connectivity index (χ4v) is 6.09. The van der Waals surface area contributed by atoms with E-state index in [1.807, 2.05) is 97.1 Å². The topological polar surface area (TPSA) is 87.4 Å². The molecule has 8 rings (SSSR count). The molecule has 7 aromatic rings. The normalized spacial score (nSPS) is 13.1. The lowest BCUT2D eigenvalue weighted by Gasteiger charge is -2.07. The first-order chi connectivity index (χ1) is 20.6. The van der Waals surface area contributed by atoms with Crippen molar-refractivity contribution >= 4 is 55.4 Å². The third-order valence-electron chi connectivity index (χ3n) is 8.10. The molecule has 7 heteroatoms. The van der Waals surface area contributed by atoms with Gasteiger partial charge in [0.1, 0.15) is 24.7 Å². The van der Waals surface area contributed by atoms with Crippen LogP contribution in [-0.2, 0) is 13.2 Å². The van der Waals surface area contributed by atoms with E-state index in [0.717, 1.165) is 44.0 Å². The van der Waals surface area contributed by atoms with Gasteiger partial charge in [-0.25, -0.2) is 0 Å². The Balaban J connectivity index is 1.37. The first-order valence-electron chi connectivity index (χ1n) is 13.8. The van der Waals surface area contributed by atoms with Crippen LogP contribution in [0, 0.1) is 0 Å². The number of fused-ring (bicyclic) bond motifs is 10. The van der Waals surface area contributed by atoms with E-state index in [9.17, 15) is 9.59 Å². The Morgan fingerprint density at radius 2 is 0.976 bits per heavy atom. The molecule has 7 nitrogen and oxygen atoms in total. The molecule has 2 N–H and O–H groups in total. The van der Waals surface area contributed by atoms with Crippen molar-refractivity contribution in [2.45, 2.75) is 13.2 Å². The number of imide groups is 1. The van der Waals surface area contributed by atoms with Crippen LogP contribution < -0.4 is 9.47 Å². The van der Waals surface area contributed by atoms with Gasteiger partial charge in [0.15, 0.2) is 0 Å². The summed E-state index contributed by atoms with van der Waals surface area (Å²) in [5.74, 6) is 0.707. The number of carbonyl (C=O) groups excluding carboxylic acids is 2. The van der Waals surface area contributed by atoms with Crippen LogP contribution in [-0.4, -0.2) is 33.7 Å². The van der Waals surface area contributed by atoms with Crippen LogP contribution in [0.4, 0.5) is 0 Å². The summed E-state index contributed by atoms with van der Waals surface area (Å²) in [4.78, 5) is 35.6. The van der Waals surface area contributed by atoms with E-state index in [1.54, 1.807) is 0 Å². The molecular formula is C35H25N3O4. The van der Waals surface area contributed by atoms with Crippen LogP contribution in [0.5, 0.6) is 11.5 Å². The highest BCUT2D eigenvalue weighted by Gasteiger charge is 2.39. The predicted molar refractivity (Wildman–Crippen MR) is 163 cm³/mol. The molecule has 2 amide bonds. The van der Waals surface area contributed by atoms with E-state index >= 15 is 0 Å². The van der Waals surface area contributed by atoms with Crippen molar-refractivity contribution in [1.82, 2.24) is 14.9 Å². The van der Waals surface area contributed by atoms with Crippen LogP contribution in [0.2, 0.25) is 0 Å². The zero-order valence-corrected chi connectivity index (χ0v) is 22.7. The maximum Gasteiger partial charge on any atom is 0.262 e. The number of para-hydroxylation sites is 2. The van der Waals surface area contributed by atoms with Gasteiger partial charge in [-0.05, 0) is 23.3 Å². The van der Waals surface area contributed by atoms with Gasteiger partial charge in [-0.3, -0.25) is 14.5 Å². The van der Waals surface area contributed by atoms with Gasteiger partial charge in [-0.2, -0.15) is 0 Å². The molecule has 0 saturated carbocycles. The minimum absolute atomic E-state index is 0.316. The highest BCUT2D eigenvalue weighted by molar-refractivity contribution is 6.39. The molecule has 0 radical (unpaired) electrons. The Bertz CT molecular complexity index is 2040. The van der Waals surface area contributed by atoms with Gasteiger partial charge in [-0.15, -0.1) is 0 Å². The molecule has 0 saturated heterocycles. The molecule has 204 valence electrons. The second-order valence-electron chi connectivity index (χ2n) is 10.6. The summed E-state index contributed by atoms with van der Waals surface area (Å²) >= 11 is 0. The van der Waals surface area contributed by atoms with Crippen LogP contribution in [0.25, 0.3) is 43.6 Å². The number of nitrogens with one attached hydrogen (secondary N) is 2. The maximum atomic E-state index is 13.6. The van der Waals surface area contributed by atoms with Crippen molar-refractivity contribution in [1.29, 1.82) is 0 Å². The van der Waals surface area contributed by atoms with Crippen molar-refractivity contribution in [2.75, 3.05) is 7.05 Å². The summed E-state index contributed by atoms with van der Waals surface area (Å²) in [5, 5.41) is 3.06. The fraction of sp³-hybridized carbons (Fsp3) is 0.0857. The van der Waals surface area contributed by atoms with Crippen LogP contribution in [0.3, 0.4) is 0 Å². The minimum Gasteiger partial charge on any atom is -0.487 e. The summed E-state index contributed by atoms with van der Waals surface area (Å²) in [5.41, 5.74) is 5.96. The van der Waals surface area contributed by atoms with Gasteiger partial charge in [-0.1, -0.05) is 84.9 Å². The molecule has 0 unspecified atom stereocenters. The molecule has 0 spiro atoms. The molecule has 0 bridgehead atoms. The number of aromatic nitrogens is 2. The van der Waals surface area contributed by atoms with Crippen molar-refractivity contribution in [2.24, 2.45) is 0 Å². The number of hydrogen-bond donors (Lipinski definition) is 2. The van der Waals surface area contributed by atoms with Gasteiger partial charge < -0.3 is 19.4 Å². The molecule has 2 aromatic heterocycles. The summed E-state index contributed by atoms with van der Waals surface area (Å²) < 4.78 is 12.5. The Hall–Kier alpha value is -5.56. The smallest absolute Gasteiger partial charge is 0.262 e. The van der Waals surface area contributed by atoms with Gasteiger partial charge in [0.05, 0.1) is 33.2 Å². The van der Waals surface area contributed by atoms with Gasteiger partial charge in [0, 0.05) is 28.6 Å². The number of carbonyl (C=O) groups is 2. The molecule has 1 aliphatic rings. The van der Waals surface area contributed by atoms with Gasteiger partial charge in [0.25, 0.3) is 11.8 Å². The van der Waals surface area contributed by atoms with Gasteiger partial charge >= 0.3 is 0 Å². The quantitative estimate of drug-likeness (QED) is 0.212. The highest BCUT2D eigenvalue weighted by Crippen LogP contribution is 2.46. The molecule has 1 aliphatic heterocycles. The van der Waals surface area contributed by atoms with E-state index < -0.39 is 0 Å². The number of amides is 2. The molecule has 42 heavy (non-hydrogen) atoms. The molecule has 0 aliphatic carbocycles. The second-order valence-corrected chi connectivity index (χ2v) is 10.6. The van der Waals surface area contributed by atoms with E-state index in [4.69, 9.17) is 9.47 Å². The molecular weight excluding hydrogens is 526 g/mol. The standard InChI is InChI=1S/C35H25N3O4/c1-38-34(39)28-26-22-14-8-16-24(41-18-20-10-4-2-5-11-20)30(22)36-32(26)33-27(29(28)35(38)40)23-15-9-17-25(31(23)37-33)42-19-21-12-6-3-7-13-21/h2-17,36-37H,18-19H2,1H3. The first-order valence-corrected chi connectivity index (χ1v) is 13.8. The lowest BCUT2D eigenvalue weighted by atomic mass is 9.96. The molecule has 0 fully saturated rings. The first kappa shape index (κ1) is 24.3.